The molecule has 0 aliphatic rings. The zero-order valence-electron chi connectivity index (χ0n) is 8.79. The monoisotopic (exact) mass is 217 g/mol. The van der Waals surface area contributed by atoms with Gasteiger partial charge in [0.1, 0.15) is 5.69 Å². The van der Waals surface area contributed by atoms with E-state index < -0.39 is 17.9 Å². The lowest BCUT2D eigenvalue weighted by molar-refractivity contribution is -0.0108. The van der Waals surface area contributed by atoms with Crippen molar-refractivity contribution in [1.82, 2.24) is 14.9 Å². The molecule has 0 aliphatic carbocycles. The first-order chi connectivity index (χ1) is 6.80. The molecule has 0 aromatic carbocycles. The Bertz CT molecular complexity index is 356. The lowest BCUT2D eigenvalue weighted by Crippen LogP contribution is -2.43. The van der Waals surface area contributed by atoms with Crippen LogP contribution in [0, 0.1) is 0 Å². The Kier molecular flexibility index (Phi) is 3.06. The topological polar surface area (TPSA) is 46.9 Å². The number of halogens is 2. The first-order valence-corrected chi connectivity index (χ1v) is 4.47. The Hall–Kier alpha value is -1.46. The van der Waals surface area contributed by atoms with Crippen molar-refractivity contribution < 1.29 is 13.6 Å². The molecule has 0 fully saturated rings. The SMILES string of the molecule is C[C@@H](NC(=O)c1cn(C)cn1)C(C)(F)F. The molecular weight excluding hydrogens is 204 g/mol. The van der Waals surface area contributed by atoms with Gasteiger partial charge in [-0.15, -0.1) is 0 Å². The third-order valence-corrected chi connectivity index (χ3v) is 2.05. The van der Waals surface area contributed by atoms with Crippen LogP contribution in [0.25, 0.3) is 0 Å². The van der Waals surface area contributed by atoms with E-state index in [4.69, 9.17) is 0 Å². The van der Waals surface area contributed by atoms with E-state index in [1.165, 1.54) is 19.4 Å². The van der Waals surface area contributed by atoms with Crippen molar-refractivity contribution in [2.45, 2.75) is 25.8 Å². The second-order valence-corrected chi connectivity index (χ2v) is 3.58. The molecule has 4 nitrogen and oxygen atoms in total. The maximum atomic E-state index is 12.8. The summed E-state index contributed by atoms with van der Waals surface area (Å²) >= 11 is 0. The predicted octanol–water partition coefficient (Wildman–Crippen LogP) is 1.19. The van der Waals surface area contributed by atoms with Crippen LogP contribution >= 0.6 is 0 Å². The van der Waals surface area contributed by atoms with Crippen LogP contribution in [-0.4, -0.2) is 27.4 Å². The maximum Gasteiger partial charge on any atom is 0.271 e. The number of aromatic nitrogens is 2. The highest BCUT2D eigenvalue weighted by atomic mass is 19.3. The number of alkyl halides is 2. The van der Waals surface area contributed by atoms with E-state index in [0.717, 1.165) is 6.92 Å². The summed E-state index contributed by atoms with van der Waals surface area (Å²) in [5.41, 5.74) is 0.133. The second kappa shape index (κ2) is 3.96. The van der Waals surface area contributed by atoms with E-state index in [1.807, 2.05) is 0 Å². The zero-order valence-corrected chi connectivity index (χ0v) is 8.79. The number of rotatable bonds is 3. The van der Waals surface area contributed by atoms with Crippen LogP contribution < -0.4 is 5.32 Å². The molecule has 1 rings (SSSR count). The fraction of sp³-hybridized carbons (Fsp3) is 0.556. The minimum Gasteiger partial charge on any atom is -0.342 e. The summed E-state index contributed by atoms with van der Waals surface area (Å²) in [5.74, 6) is -3.53. The summed E-state index contributed by atoms with van der Waals surface area (Å²) in [5, 5.41) is 2.18. The number of nitrogens with zero attached hydrogens (tertiary/aromatic N) is 2. The Morgan fingerprint density at radius 3 is 2.67 bits per heavy atom. The lowest BCUT2D eigenvalue weighted by atomic mass is 10.2. The van der Waals surface area contributed by atoms with Gasteiger partial charge in [-0.1, -0.05) is 0 Å². The van der Waals surface area contributed by atoms with Gasteiger partial charge in [-0.3, -0.25) is 4.79 Å². The van der Waals surface area contributed by atoms with Gasteiger partial charge < -0.3 is 9.88 Å². The molecule has 6 heteroatoms. The zero-order chi connectivity index (χ0) is 11.6. The number of amides is 1. The molecule has 1 amide bonds. The van der Waals surface area contributed by atoms with E-state index in [9.17, 15) is 13.6 Å². The molecular formula is C9H13F2N3O. The van der Waals surface area contributed by atoms with Crippen LogP contribution in [0.5, 0.6) is 0 Å². The van der Waals surface area contributed by atoms with Crippen LogP contribution in [0.4, 0.5) is 8.78 Å². The average Bonchev–Trinajstić information content (AvgIpc) is 2.50. The van der Waals surface area contributed by atoms with Gasteiger partial charge in [-0.2, -0.15) is 0 Å². The minimum absolute atomic E-state index is 0.133. The van der Waals surface area contributed by atoms with Crippen molar-refractivity contribution in [3.63, 3.8) is 0 Å². The molecule has 1 aromatic rings. The Morgan fingerprint density at radius 2 is 2.27 bits per heavy atom. The highest BCUT2D eigenvalue weighted by Crippen LogP contribution is 2.16. The molecule has 1 atom stereocenters. The normalized spacial score (nSPS) is 13.7. The number of imidazole rings is 1. The van der Waals surface area contributed by atoms with Crippen molar-refractivity contribution in [2.24, 2.45) is 7.05 Å². The van der Waals surface area contributed by atoms with E-state index >= 15 is 0 Å². The van der Waals surface area contributed by atoms with E-state index in [-0.39, 0.29) is 5.69 Å². The largest absolute Gasteiger partial charge is 0.342 e. The minimum atomic E-state index is -2.94. The van der Waals surface area contributed by atoms with Crippen molar-refractivity contribution in [3.8, 4) is 0 Å². The standard InChI is InChI=1S/C9H13F2N3O/c1-6(9(2,10)11)13-8(15)7-4-14(3)5-12-7/h4-6H,1-3H3,(H,13,15)/t6-/m1/s1. The van der Waals surface area contributed by atoms with Crippen molar-refractivity contribution in [3.05, 3.63) is 18.2 Å². The van der Waals surface area contributed by atoms with Gasteiger partial charge in [0.2, 0.25) is 0 Å². The van der Waals surface area contributed by atoms with Crippen LogP contribution in [0.15, 0.2) is 12.5 Å². The molecule has 0 aliphatic heterocycles. The molecule has 15 heavy (non-hydrogen) atoms. The smallest absolute Gasteiger partial charge is 0.271 e. The second-order valence-electron chi connectivity index (χ2n) is 3.58. The van der Waals surface area contributed by atoms with Crippen LogP contribution in [0.3, 0.4) is 0 Å². The van der Waals surface area contributed by atoms with Gasteiger partial charge in [0, 0.05) is 20.2 Å². The lowest BCUT2D eigenvalue weighted by Gasteiger charge is -2.19. The maximum absolute atomic E-state index is 12.8. The number of nitrogens with one attached hydrogen (secondary N) is 1. The summed E-state index contributed by atoms with van der Waals surface area (Å²) in [6.45, 7) is 2.01. The third-order valence-electron chi connectivity index (χ3n) is 2.05. The number of carbonyl (C=O) groups excluding carboxylic acids is 1. The fourth-order valence-corrected chi connectivity index (χ4v) is 0.927. The molecule has 0 bridgehead atoms. The van der Waals surface area contributed by atoms with Crippen molar-refractivity contribution >= 4 is 5.91 Å². The molecule has 1 aromatic heterocycles. The van der Waals surface area contributed by atoms with Crippen LogP contribution in [0.2, 0.25) is 0 Å². The molecule has 0 saturated carbocycles. The first kappa shape index (κ1) is 11.6. The van der Waals surface area contributed by atoms with Gasteiger partial charge >= 0.3 is 0 Å². The summed E-state index contributed by atoms with van der Waals surface area (Å²) in [6, 6.07) is -1.22. The third kappa shape index (κ3) is 3.00. The number of hydrogen-bond acceptors (Lipinski definition) is 2. The Balaban J connectivity index is 2.64. The van der Waals surface area contributed by atoms with Crippen molar-refractivity contribution in [2.75, 3.05) is 0 Å². The predicted molar refractivity (Wildman–Crippen MR) is 50.8 cm³/mol. The van der Waals surface area contributed by atoms with Crippen LogP contribution in [-0.2, 0) is 7.05 Å². The average molecular weight is 217 g/mol. The quantitative estimate of drug-likeness (QED) is 0.826. The summed E-state index contributed by atoms with van der Waals surface area (Å²) in [7, 11) is 1.70. The molecule has 84 valence electrons. The summed E-state index contributed by atoms with van der Waals surface area (Å²) < 4.78 is 27.1. The molecule has 0 radical (unpaired) electrons. The van der Waals surface area contributed by atoms with Gasteiger partial charge in [0.25, 0.3) is 11.8 Å². The molecule has 0 spiro atoms. The Labute approximate surface area is 86.3 Å². The summed E-state index contributed by atoms with van der Waals surface area (Å²) in [4.78, 5) is 15.2. The van der Waals surface area contributed by atoms with Gasteiger partial charge in [0.15, 0.2) is 0 Å². The fourth-order valence-electron chi connectivity index (χ4n) is 0.927. The first-order valence-electron chi connectivity index (χ1n) is 4.47. The highest BCUT2D eigenvalue weighted by Gasteiger charge is 2.31. The van der Waals surface area contributed by atoms with Gasteiger partial charge in [-0.25, -0.2) is 13.8 Å². The molecule has 0 saturated heterocycles. The van der Waals surface area contributed by atoms with E-state index in [0.29, 0.717) is 0 Å². The van der Waals surface area contributed by atoms with Crippen LogP contribution in [0.1, 0.15) is 24.3 Å². The van der Waals surface area contributed by atoms with E-state index in [2.05, 4.69) is 10.3 Å². The molecule has 1 N–H and O–H groups in total. The van der Waals surface area contributed by atoms with Gasteiger partial charge in [0.05, 0.1) is 12.4 Å². The van der Waals surface area contributed by atoms with Gasteiger partial charge in [-0.05, 0) is 6.92 Å². The molecule has 0 unspecified atom stereocenters. The number of hydrogen-bond donors (Lipinski definition) is 1. The van der Waals surface area contributed by atoms with E-state index in [1.54, 1.807) is 11.6 Å². The highest BCUT2D eigenvalue weighted by molar-refractivity contribution is 5.92. The number of aryl methyl sites for hydroxylation is 1. The molecule has 1 heterocycles. The summed E-state index contributed by atoms with van der Waals surface area (Å²) in [6.07, 6.45) is 2.90. The Morgan fingerprint density at radius 1 is 1.67 bits per heavy atom. The van der Waals surface area contributed by atoms with Crippen molar-refractivity contribution in [1.29, 1.82) is 0 Å². The number of carbonyl (C=O) groups is 1.